The summed E-state index contributed by atoms with van der Waals surface area (Å²) in [4.78, 5) is 24.7. The van der Waals surface area contributed by atoms with Crippen LogP contribution in [0.4, 0.5) is 16.4 Å². The fraction of sp³-hybridized carbons (Fsp3) is 0.100. The summed E-state index contributed by atoms with van der Waals surface area (Å²) in [5.74, 6) is -1.52. The average molecular weight is 395 g/mol. The molecule has 142 valence electrons. The SMILES string of the molecule is CC1=C(C(=O)Nc2ccccc2)C(c2ccco2)c2c(sc(C(=O)O)c2N)N1. The standard InChI is InChI=1S/C20H17N3O4S/c1-10-13(18(24)23-11-6-3-2-4-7-11)14(12-8-5-9-27-12)15-16(21)17(20(25)26)28-19(15)22-10/h2-9,14,22H,21H2,1H3,(H,23,24)(H,25,26). The number of benzene rings is 1. The predicted octanol–water partition coefficient (Wildman–Crippen LogP) is 4.09. The molecule has 28 heavy (non-hydrogen) atoms. The van der Waals surface area contributed by atoms with Gasteiger partial charge in [0.15, 0.2) is 0 Å². The number of aromatic carboxylic acids is 1. The van der Waals surface area contributed by atoms with Crippen molar-refractivity contribution in [1.29, 1.82) is 0 Å². The molecule has 0 radical (unpaired) electrons. The number of carbonyl (C=O) groups excluding carboxylic acids is 1. The van der Waals surface area contributed by atoms with Crippen molar-refractivity contribution in [3.63, 3.8) is 0 Å². The molecule has 1 atom stereocenters. The Hall–Kier alpha value is -3.52. The van der Waals surface area contributed by atoms with Crippen molar-refractivity contribution in [2.24, 2.45) is 0 Å². The third-order valence-electron chi connectivity index (χ3n) is 4.56. The van der Waals surface area contributed by atoms with Crippen LogP contribution in [0.25, 0.3) is 0 Å². The smallest absolute Gasteiger partial charge is 0.348 e. The van der Waals surface area contributed by atoms with Crippen LogP contribution in [0.1, 0.15) is 33.8 Å². The van der Waals surface area contributed by atoms with Gasteiger partial charge in [-0.2, -0.15) is 0 Å². The average Bonchev–Trinajstić information content (AvgIpc) is 3.30. The van der Waals surface area contributed by atoms with E-state index in [2.05, 4.69) is 10.6 Å². The van der Waals surface area contributed by atoms with Gasteiger partial charge in [-0.15, -0.1) is 11.3 Å². The second kappa shape index (κ2) is 6.90. The summed E-state index contributed by atoms with van der Waals surface area (Å²) < 4.78 is 5.59. The summed E-state index contributed by atoms with van der Waals surface area (Å²) in [7, 11) is 0. The Bertz CT molecular complexity index is 1080. The lowest BCUT2D eigenvalue weighted by atomic mass is 9.84. The van der Waals surface area contributed by atoms with Crippen molar-refractivity contribution >= 4 is 39.6 Å². The number of nitrogens with two attached hydrogens (primary N) is 1. The topological polar surface area (TPSA) is 118 Å². The van der Waals surface area contributed by atoms with E-state index in [9.17, 15) is 14.7 Å². The van der Waals surface area contributed by atoms with Crippen LogP contribution in [0.3, 0.4) is 0 Å². The molecular weight excluding hydrogens is 378 g/mol. The zero-order valence-corrected chi connectivity index (χ0v) is 15.7. The Morgan fingerprint density at radius 2 is 1.96 bits per heavy atom. The van der Waals surface area contributed by atoms with Crippen molar-refractivity contribution in [3.8, 4) is 0 Å². The highest BCUT2D eigenvalue weighted by atomic mass is 32.1. The Morgan fingerprint density at radius 3 is 2.61 bits per heavy atom. The Kier molecular flexibility index (Phi) is 4.40. The Labute approximate surface area is 164 Å². The third-order valence-corrected chi connectivity index (χ3v) is 5.69. The first-order valence-electron chi connectivity index (χ1n) is 8.50. The molecule has 0 fully saturated rings. The number of hydrogen-bond acceptors (Lipinski definition) is 6. The van der Waals surface area contributed by atoms with Gasteiger partial charge in [-0.05, 0) is 31.2 Å². The first-order chi connectivity index (χ1) is 13.5. The molecule has 1 unspecified atom stereocenters. The molecule has 8 heteroatoms. The van der Waals surface area contributed by atoms with Crippen LogP contribution < -0.4 is 16.4 Å². The van der Waals surface area contributed by atoms with E-state index in [1.54, 1.807) is 31.2 Å². The fourth-order valence-electron chi connectivity index (χ4n) is 3.35. The maximum absolute atomic E-state index is 13.1. The lowest BCUT2D eigenvalue weighted by Crippen LogP contribution is -2.26. The number of nitrogen functional groups attached to an aromatic ring is 1. The van der Waals surface area contributed by atoms with Crippen LogP contribution in [0, 0.1) is 0 Å². The van der Waals surface area contributed by atoms with Crippen LogP contribution in [0.2, 0.25) is 0 Å². The summed E-state index contributed by atoms with van der Waals surface area (Å²) in [6, 6.07) is 12.6. The molecule has 3 aromatic rings. The molecule has 7 nitrogen and oxygen atoms in total. The highest BCUT2D eigenvalue weighted by Gasteiger charge is 2.38. The Morgan fingerprint density at radius 1 is 1.21 bits per heavy atom. The van der Waals surface area contributed by atoms with E-state index in [4.69, 9.17) is 10.2 Å². The molecule has 0 saturated heterocycles. The van der Waals surface area contributed by atoms with Crippen LogP contribution in [0.15, 0.2) is 64.4 Å². The summed E-state index contributed by atoms with van der Waals surface area (Å²) in [6.45, 7) is 1.77. The molecule has 0 spiro atoms. The molecule has 1 amide bonds. The van der Waals surface area contributed by atoms with Crippen LogP contribution in [-0.4, -0.2) is 17.0 Å². The number of allylic oxidation sites excluding steroid dienone is 1. The Balaban J connectivity index is 1.83. The maximum atomic E-state index is 13.1. The van der Waals surface area contributed by atoms with Gasteiger partial charge in [0.1, 0.15) is 10.6 Å². The van der Waals surface area contributed by atoms with Crippen molar-refractivity contribution in [2.75, 3.05) is 16.4 Å². The highest BCUT2D eigenvalue weighted by Crippen LogP contribution is 2.50. The minimum atomic E-state index is -1.11. The molecular formula is C20H17N3O4S. The van der Waals surface area contributed by atoms with Crippen molar-refractivity contribution in [2.45, 2.75) is 12.8 Å². The predicted molar refractivity (Wildman–Crippen MR) is 108 cm³/mol. The zero-order valence-electron chi connectivity index (χ0n) is 14.9. The second-order valence-corrected chi connectivity index (χ2v) is 7.35. The van der Waals surface area contributed by atoms with Gasteiger partial charge in [0.25, 0.3) is 5.91 Å². The molecule has 4 rings (SSSR count). The van der Waals surface area contributed by atoms with E-state index >= 15 is 0 Å². The van der Waals surface area contributed by atoms with Gasteiger partial charge in [-0.3, -0.25) is 4.79 Å². The largest absolute Gasteiger partial charge is 0.477 e. The molecule has 0 bridgehead atoms. The van der Waals surface area contributed by atoms with Gasteiger partial charge in [0.05, 0.1) is 28.4 Å². The maximum Gasteiger partial charge on any atom is 0.348 e. The first kappa shape index (κ1) is 17.9. The number of fused-ring (bicyclic) bond motifs is 1. The molecule has 0 saturated carbocycles. The normalized spacial score (nSPS) is 15.7. The lowest BCUT2D eigenvalue weighted by molar-refractivity contribution is -0.113. The van der Waals surface area contributed by atoms with E-state index in [0.717, 1.165) is 11.3 Å². The van der Waals surface area contributed by atoms with E-state index in [1.807, 2.05) is 18.2 Å². The molecule has 2 aromatic heterocycles. The number of hydrogen-bond donors (Lipinski definition) is 4. The van der Waals surface area contributed by atoms with Gasteiger partial charge in [-0.25, -0.2) is 4.79 Å². The van der Waals surface area contributed by atoms with Gasteiger partial charge >= 0.3 is 5.97 Å². The summed E-state index contributed by atoms with van der Waals surface area (Å²) >= 11 is 1.05. The number of rotatable bonds is 4. The number of thiophene rings is 1. The molecule has 0 aliphatic carbocycles. The number of amides is 1. The van der Waals surface area contributed by atoms with Crippen molar-refractivity contribution < 1.29 is 19.1 Å². The van der Waals surface area contributed by atoms with E-state index in [0.29, 0.717) is 33.3 Å². The molecule has 1 aliphatic heterocycles. The highest BCUT2D eigenvalue weighted by molar-refractivity contribution is 7.18. The van der Waals surface area contributed by atoms with Gasteiger partial charge in [0, 0.05) is 16.9 Å². The van der Waals surface area contributed by atoms with Crippen LogP contribution in [-0.2, 0) is 4.79 Å². The fourth-order valence-corrected chi connectivity index (χ4v) is 4.41. The second-order valence-electron chi connectivity index (χ2n) is 6.33. The molecule has 1 aromatic carbocycles. The van der Waals surface area contributed by atoms with Gasteiger partial charge < -0.3 is 25.9 Å². The number of nitrogens with one attached hydrogen (secondary N) is 2. The molecule has 5 N–H and O–H groups in total. The zero-order chi connectivity index (χ0) is 19.8. The van der Waals surface area contributed by atoms with Crippen LogP contribution in [0.5, 0.6) is 0 Å². The van der Waals surface area contributed by atoms with E-state index in [1.165, 1.54) is 6.26 Å². The number of carboxylic acids is 1. The summed E-state index contributed by atoms with van der Waals surface area (Å²) in [5.41, 5.74) is 8.55. The molecule has 1 aliphatic rings. The quantitative estimate of drug-likeness (QED) is 0.528. The lowest BCUT2D eigenvalue weighted by Gasteiger charge is -2.27. The first-order valence-corrected chi connectivity index (χ1v) is 9.32. The number of carbonyl (C=O) groups is 2. The van der Waals surface area contributed by atoms with Gasteiger partial charge in [-0.1, -0.05) is 18.2 Å². The number of furan rings is 1. The van der Waals surface area contributed by atoms with Gasteiger partial charge in [0.2, 0.25) is 0 Å². The number of anilines is 3. The third kappa shape index (κ3) is 2.93. The minimum Gasteiger partial charge on any atom is -0.477 e. The molecule has 3 heterocycles. The van der Waals surface area contributed by atoms with Crippen LogP contribution >= 0.6 is 11.3 Å². The number of para-hydroxylation sites is 1. The minimum absolute atomic E-state index is 0.0339. The summed E-state index contributed by atoms with van der Waals surface area (Å²) in [6.07, 6.45) is 1.51. The number of carboxylic acid groups (broad SMARTS) is 1. The van der Waals surface area contributed by atoms with Crippen molar-refractivity contribution in [3.05, 3.63) is 76.2 Å². The van der Waals surface area contributed by atoms with E-state index in [-0.39, 0.29) is 16.5 Å². The van der Waals surface area contributed by atoms with E-state index < -0.39 is 11.9 Å². The van der Waals surface area contributed by atoms with Crippen molar-refractivity contribution in [1.82, 2.24) is 0 Å². The summed E-state index contributed by atoms with van der Waals surface area (Å²) in [5, 5.41) is 16.1. The monoisotopic (exact) mass is 395 g/mol.